The lowest BCUT2D eigenvalue weighted by molar-refractivity contribution is 0.496. The highest BCUT2D eigenvalue weighted by molar-refractivity contribution is 5.39. The van der Waals surface area contributed by atoms with Crippen LogP contribution in [0.15, 0.2) is 24.7 Å². The monoisotopic (exact) mass is 269 g/mol. The Morgan fingerprint density at radius 3 is 2.90 bits per heavy atom. The molecular formula is C15H19N5. The molecule has 0 bridgehead atoms. The maximum absolute atomic E-state index is 4.62. The second-order valence-electron chi connectivity index (χ2n) is 5.33. The fourth-order valence-electron chi connectivity index (χ4n) is 2.73. The molecule has 0 saturated carbocycles. The van der Waals surface area contributed by atoms with Crippen molar-refractivity contribution < 1.29 is 0 Å². The van der Waals surface area contributed by atoms with Crippen molar-refractivity contribution in [3.63, 3.8) is 0 Å². The van der Waals surface area contributed by atoms with Gasteiger partial charge in [-0.25, -0.2) is 9.97 Å². The molecule has 5 nitrogen and oxygen atoms in total. The maximum Gasteiger partial charge on any atom is 0.132 e. The van der Waals surface area contributed by atoms with Crippen LogP contribution in [0.5, 0.6) is 0 Å². The summed E-state index contributed by atoms with van der Waals surface area (Å²) >= 11 is 0. The number of piperidine rings is 1. The summed E-state index contributed by atoms with van der Waals surface area (Å²) in [6, 6.07) is 1.98. The summed E-state index contributed by atoms with van der Waals surface area (Å²) in [7, 11) is 0. The Morgan fingerprint density at radius 2 is 2.10 bits per heavy atom. The SMILES string of the molecule is Cc1cncc([C@H]2CCCN(c3ccnc(C)n3)C2)n1. The number of rotatable bonds is 2. The standard InChI is InChI=1S/C15H19N5/c1-11-8-16-9-14(18-11)13-4-3-7-20(10-13)15-5-6-17-12(2)19-15/h5-6,8-9,13H,3-4,7,10H2,1-2H3/t13-/m0/s1. The summed E-state index contributed by atoms with van der Waals surface area (Å²) in [4.78, 5) is 19.9. The fourth-order valence-corrected chi connectivity index (χ4v) is 2.73. The molecule has 2 aromatic heterocycles. The molecule has 0 aliphatic carbocycles. The summed E-state index contributed by atoms with van der Waals surface area (Å²) in [5.41, 5.74) is 2.08. The predicted molar refractivity (Wildman–Crippen MR) is 77.7 cm³/mol. The summed E-state index contributed by atoms with van der Waals surface area (Å²) in [6.07, 6.45) is 7.85. The predicted octanol–water partition coefficient (Wildman–Crippen LogP) is 2.27. The molecule has 2 aromatic rings. The van der Waals surface area contributed by atoms with E-state index < -0.39 is 0 Å². The van der Waals surface area contributed by atoms with Crippen LogP contribution in [0.25, 0.3) is 0 Å². The van der Waals surface area contributed by atoms with E-state index in [-0.39, 0.29) is 0 Å². The highest BCUT2D eigenvalue weighted by Gasteiger charge is 2.23. The molecule has 1 aliphatic heterocycles. The van der Waals surface area contributed by atoms with Gasteiger partial charge in [-0.05, 0) is 32.8 Å². The van der Waals surface area contributed by atoms with Crippen molar-refractivity contribution >= 4 is 5.82 Å². The van der Waals surface area contributed by atoms with Crippen molar-refractivity contribution in [1.29, 1.82) is 0 Å². The van der Waals surface area contributed by atoms with Crippen LogP contribution < -0.4 is 4.90 Å². The first-order valence-corrected chi connectivity index (χ1v) is 7.05. The average molecular weight is 269 g/mol. The van der Waals surface area contributed by atoms with Gasteiger partial charge in [0, 0.05) is 37.6 Å². The van der Waals surface area contributed by atoms with Gasteiger partial charge in [0.05, 0.1) is 11.4 Å². The minimum atomic E-state index is 0.437. The molecule has 5 heteroatoms. The number of nitrogens with zero attached hydrogens (tertiary/aromatic N) is 5. The van der Waals surface area contributed by atoms with E-state index in [2.05, 4.69) is 24.8 Å². The van der Waals surface area contributed by atoms with Gasteiger partial charge >= 0.3 is 0 Å². The van der Waals surface area contributed by atoms with Crippen LogP contribution in [0.2, 0.25) is 0 Å². The van der Waals surface area contributed by atoms with E-state index in [1.54, 1.807) is 6.20 Å². The lowest BCUT2D eigenvalue weighted by Gasteiger charge is -2.33. The number of aryl methyl sites for hydroxylation is 2. The van der Waals surface area contributed by atoms with Crippen LogP contribution in [0.3, 0.4) is 0 Å². The molecule has 1 saturated heterocycles. The topological polar surface area (TPSA) is 54.8 Å². The van der Waals surface area contributed by atoms with Crippen LogP contribution in [-0.2, 0) is 0 Å². The lowest BCUT2D eigenvalue weighted by atomic mass is 9.95. The molecule has 1 fully saturated rings. The quantitative estimate of drug-likeness (QED) is 0.837. The Bertz CT molecular complexity index is 547. The van der Waals surface area contributed by atoms with Crippen molar-refractivity contribution in [3.05, 3.63) is 41.9 Å². The highest BCUT2D eigenvalue weighted by atomic mass is 15.2. The van der Waals surface area contributed by atoms with E-state index in [0.29, 0.717) is 5.92 Å². The number of anilines is 1. The molecule has 0 N–H and O–H groups in total. The van der Waals surface area contributed by atoms with E-state index >= 15 is 0 Å². The van der Waals surface area contributed by atoms with Crippen LogP contribution in [0, 0.1) is 13.8 Å². The van der Waals surface area contributed by atoms with Crippen molar-refractivity contribution in [2.24, 2.45) is 0 Å². The largest absolute Gasteiger partial charge is 0.356 e. The molecule has 0 unspecified atom stereocenters. The summed E-state index contributed by atoms with van der Waals surface area (Å²) in [6.45, 7) is 5.92. The maximum atomic E-state index is 4.62. The van der Waals surface area contributed by atoms with Gasteiger partial charge in [-0.2, -0.15) is 0 Å². The number of aromatic nitrogens is 4. The van der Waals surface area contributed by atoms with Gasteiger partial charge in [-0.3, -0.25) is 9.97 Å². The Balaban J connectivity index is 1.80. The normalized spacial score (nSPS) is 19.1. The van der Waals surface area contributed by atoms with Gasteiger partial charge in [-0.15, -0.1) is 0 Å². The zero-order valence-corrected chi connectivity index (χ0v) is 12.0. The van der Waals surface area contributed by atoms with E-state index in [9.17, 15) is 0 Å². The van der Waals surface area contributed by atoms with Crippen LogP contribution in [0.1, 0.15) is 36.0 Å². The van der Waals surface area contributed by atoms with Crippen molar-refractivity contribution in [2.45, 2.75) is 32.6 Å². The molecule has 3 heterocycles. The van der Waals surface area contributed by atoms with Gasteiger partial charge in [0.25, 0.3) is 0 Å². The Morgan fingerprint density at radius 1 is 1.20 bits per heavy atom. The number of hydrogen-bond acceptors (Lipinski definition) is 5. The molecule has 0 radical (unpaired) electrons. The third-order valence-electron chi connectivity index (χ3n) is 3.70. The molecular weight excluding hydrogens is 250 g/mol. The zero-order chi connectivity index (χ0) is 13.9. The first-order chi connectivity index (χ1) is 9.72. The van der Waals surface area contributed by atoms with Crippen LogP contribution in [0.4, 0.5) is 5.82 Å². The fraction of sp³-hybridized carbons (Fsp3) is 0.467. The Kier molecular flexibility index (Phi) is 3.58. The second-order valence-corrected chi connectivity index (χ2v) is 5.33. The van der Waals surface area contributed by atoms with E-state index in [4.69, 9.17) is 0 Å². The molecule has 1 atom stereocenters. The third-order valence-corrected chi connectivity index (χ3v) is 3.70. The first kappa shape index (κ1) is 13.0. The molecule has 3 rings (SSSR count). The number of hydrogen-bond donors (Lipinski definition) is 0. The van der Waals surface area contributed by atoms with Gasteiger partial charge < -0.3 is 4.90 Å². The summed E-state index contributed by atoms with van der Waals surface area (Å²) in [5.74, 6) is 2.27. The summed E-state index contributed by atoms with van der Waals surface area (Å²) in [5, 5.41) is 0. The molecule has 20 heavy (non-hydrogen) atoms. The second kappa shape index (κ2) is 5.53. The summed E-state index contributed by atoms with van der Waals surface area (Å²) < 4.78 is 0. The van der Waals surface area contributed by atoms with Crippen LogP contribution in [-0.4, -0.2) is 33.0 Å². The van der Waals surface area contributed by atoms with Crippen molar-refractivity contribution in [1.82, 2.24) is 19.9 Å². The van der Waals surface area contributed by atoms with E-state index in [1.165, 1.54) is 6.42 Å². The first-order valence-electron chi connectivity index (χ1n) is 7.05. The highest BCUT2D eigenvalue weighted by Crippen LogP contribution is 2.27. The van der Waals surface area contributed by atoms with Gasteiger partial charge in [-0.1, -0.05) is 0 Å². The molecule has 104 valence electrons. The van der Waals surface area contributed by atoms with E-state index in [1.807, 2.05) is 32.3 Å². The van der Waals surface area contributed by atoms with Gasteiger partial charge in [0.1, 0.15) is 11.6 Å². The minimum absolute atomic E-state index is 0.437. The van der Waals surface area contributed by atoms with Crippen molar-refractivity contribution in [2.75, 3.05) is 18.0 Å². The van der Waals surface area contributed by atoms with Gasteiger partial charge in [0.2, 0.25) is 0 Å². The lowest BCUT2D eigenvalue weighted by Crippen LogP contribution is -2.35. The molecule has 1 aliphatic rings. The van der Waals surface area contributed by atoms with Crippen LogP contribution >= 0.6 is 0 Å². The van der Waals surface area contributed by atoms with Gasteiger partial charge in [0.15, 0.2) is 0 Å². The third kappa shape index (κ3) is 2.76. The zero-order valence-electron chi connectivity index (χ0n) is 12.0. The average Bonchev–Trinajstić information content (AvgIpc) is 2.47. The Hall–Kier alpha value is -2.04. The molecule has 0 aromatic carbocycles. The smallest absolute Gasteiger partial charge is 0.132 e. The molecule has 0 amide bonds. The Labute approximate surface area is 119 Å². The van der Waals surface area contributed by atoms with Crippen molar-refractivity contribution in [3.8, 4) is 0 Å². The molecule has 0 spiro atoms. The minimum Gasteiger partial charge on any atom is -0.356 e. The van der Waals surface area contributed by atoms with E-state index in [0.717, 1.165) is 42.5 Å².